The maximum atomic E-state index is 11.9. The molecule has 6 nitrogen and oxygen atoms in total. The lowest BCUT2D eigenvalue weighted by atomic mass is 9.94. The van der Waals surface area contributed by atoms with E-state index >= 15 is 0 Å². The minimum atomic E-state index is -3.31. The van der Waals surface area contributed by atoms with Crippen LogP contribution in [0.15, 0.2) is 65.6 Å². The normalized spacial score (nSPS) is 12.6. The Kier molecular flexibility index (Phi) is 6.43. The molecule has 1 heterocycles. The molecule has 2 aromatic carbocycles. The first-order valence-corrected chi connectivity index (χ1v) is 11.5. The summed E-state index contributed by atoms with van der Waals surface area (Å²) in [6, 6.07) is 18.0. The van der Waals surface area contributed by atoms with Gasteiger partial charge >= 0.3 is 5.97 Å². The topological polar surface area (TPSA) is 96.6 Å². The third-order valence-corrected chi connectivity index (χ3v) is 6.33. The molecule has 1 atom stereocenters. The lowest BCUT2D eigenvalue weighted by Crippen LogP contribution is -2.13. The van der Waals surface area contributed by atoms with Gasteiger partial charge in [-0.25, -0.2) is 8.42 Å². The zero-order valence-corrected chi connectivity index (χ0v) is 17.8. The van der Waals surface area contributed by atoms with E-state index in [0.29, 0.717) is 18.4 Å². The molecule has 0 saturated heterocycles. The molecule has 0 aliphatic heterocycles. The Morgan fingerprint density at radius 2 is 1.70 bits per heavy atom. The van der Waals surface area contributed by atoms with Crippen LogP contribution in [-0.4, -0.2) is 42.0 Å². The fourth-order valence-electron chi connectivity index (χ4n) is 3.68. The van der Waals surface area contributed by atoms with Crippen LogP contribution < -0.4 is 0 Å². The fourth-order valence-corrected chi connectivity index (χ4v) is 4.31. The number of aromatic nitrogens is 1. The number of sulfone groups is 1. The monoisotopic (exact) mass is 427 g/mol. The van der Waals surface area contributed by atoms with Crippen molar-refractivity contribution in [3.8, 4) is 16.9 Å². The number of carbonyl (C=O) groups is 1. The Hall–Kier alpha value is -2.90. The summed E-state index contributed by atoms with van der Waals surface area (Å²) < 4.78 is 25.6. The molecule has 1 unspecified atom stereocenters. The van der Waals surface area contributed by atoms with Crippen LogP contribution in [0.4, 0.5) is 0 Å². The van der Waals surface area contributed by atoms with Gasteiger partial charge in [0, 0.05) is 24.2 Å². The summed E-state index contributed by atoms with van der Waals surface area (Å²) in [5, 5.41) is 19.0. The summed E-state index contributed by atoms with van der Waals surface area (Å²) in [6.07, 6.45) is 1.89. The van der Waals surface area contributed by atoms with Gasteiger partial charge in [-0.05, 0) is 61.2 Å². The number of aliphatic hydroxyl groups excluding tert-OH is 1. The number of aliphatic hydroxyl groups is 1. The second kappa shape index (κ2) is 8.85. The Bertz CT molecular complexity index is 1130. The lowest BCUT2D eigenvalue weighted by molar-refractivity contribution is -0.139. The van der Waals surface area contributed by atoms with Crippen molar-refractivity contribution in [2.45, 2.75) is 30.6 Å². The summed E-state index contributed by atoms with van der Waals surface area (Å²) in [7, 11) is -3.31. The maximum Gasteiger partial charge on any atom is 0.311 e. The lowest BCUT2D eigenvalue weighted by Gasteiger charge is -2.14. The standard InChI is InChI=1S/C23H25NO5S/c1-16-21(20(23(26)27)9-6-14-25)15-22(24(16)18-7-4-3-5-8-18)17-10-12-19(13-11-17)30(2,28)29/h3-5,7-8,10-13,15,20,25H,6,9,14H2,1-2H3,(H,26,27). The van der Waals surface area contributed by atoms with Gasteiger partial charge in [0.1, 0.15) is 0 Å². The van der Waals surface area contributed by atoms with Crippen LogP contribution in [0, 0.1) is 6.92 Å². The van der Waals surface area contributed by atoms with E-state index in [1.165, 1.54) is 0 Å². The molecule has 0 aliphatic rings. The zero-order valence-electron chi connectivity index (χ0n) is 16.9. The Balaban J connectivity index is 2.20. The highest BCUT2D eigenvalue weighted by Gasteiger charge is 2.26. The smallest absolute Gasteiger partial charge is 0.311 e. The first-order valence-electron chi connectivity index (χ1n) is 9.66. The van der Waals surface area contributed by atoms with Crippen molar-refractivity contribution in [1.29, 1.82) is 0 Å². The molecular formula is C23H25NO5S. The third kappa shape index (κ3) is 4.47. The minimum Gasteiger partial charge on any atom is -0.481 e. The number of para-hydroxylation sites is 1. The summed E-state index contributed by atoms with van der Waals surface area (Å²) in [5.41, 5.74) is 3.93. The van der Waals surface area contributed by atoms with Crippen molar-refractivity contribution in [2.75, 3.05) is 12.9 Å². The SMILES string of the molecule is Cc1c(C(CCCO)C(=O)O)cc(-c2ccc(S(C)(=O)=O)cc2)n1-c1ccccc1. The molecule has 7 heteroatoms. The Labute approximate surface area is 176 Å². The molecule has 0 amide bonds. The molecule has 0 spiro atoms. The van der Waals surface area contributed by atoms with Crippen LogP contribution in [0.3, 0.4) is 0 Å². The second-order valence-electron chi connectivity index (χ2n) is 7.29. The van der Waals surface area contributed by atoms with E-state index in [2.05, 4.69) is 0 Å². The van der Waals surface area contributed by atoms with Crippen molar-refractivity contribution in [1.82, 2.24) is 4.57 Å². The van der Waals surface area contributed by atoms with E-state index in [0.717, 1.165) is 28.9 Å². The Morgan fingerprint density at radius 3 is 2.23 bits per heavy atom. The van der Waals surface area contributed by atoms with Gasteiger partial charge in [-0.1, -0.05) is 30.3 Å². The molecule has 0 bridgehead atoms. The first kappa shape index (κ1) is 21.8. The average Bonchev–Trinajstić information content (AvgIpc) is 3.05. The highest BCUT2D eigenvalue weighted by atomic mass is 32.2. The highest BCUT2D eigenvalue weighted by Crippen LogP contribution is 2.35. The number of carboxylic acid groups (broad SMARTS) is 1. The number of hydrogen-bond donors (Lipinski definition) is 2. The molecule has 30 heavy (non-hydrogen) atoms. The minimum absolute atomic E-state index is 0.0674. The van der Waals surface area contributed by atoms with Crippen molar-refractivity contribution >= 4 is 15.8 Å². The summed E-state index contributed by atoms with van der Waals surface area (Å²) in [5.74, 6) is -1.67. The quantitative estimate of drug-likeness (QED) is 0.570. The molecule has 0 radical (unpaired) electrons. The van der Waals surface area contributed by atoms with Crippen LogP contribution in [0.2, 0.25) is 0 Å². The van der Waals surface area contributed by atoms with Crippen molar-refractivity contribution in [2.24, 2.45) is 0 Å². The van der Waals surface area contributed by atoms with Gasteiger partial charge in [-0.3, -0.25) is 4.79 Å². The molecule has 3 rings (SSSR count). The van der Waals surface area contributed by atoms with Gasteiger partial charge in [-0.15, -0.1) is 0 Å². The molecule has 0 saturated carbocycles. The van der Waals surface area contributed by atoms with Gasteiger partial charge in [0.2, 0.25) is 0 Å². The number of nitrogens with zero attached hydrogens (tertiary/aromatic N) is 1. The summed E-state index contributed by atoms with van der Waals surface area (Å²) in [4.78, 5) is 12.2. The van der Waals surface area contributed by atoms with Gasteiger partial charge in [-0.2, -0.15) is 0 Å². The number of benzene rings is 2. The second-order valence-corrected chi connectivity index (χ2v) is 9.31. The van der Waals surface area contributed by atoms with Crippen LogP contribution in [0.1, 0.15) is 30.0 Å². The highest BCUT2D eigenvalue weighted by molar-refractivity contribution is 7.90. The number of aliphatic carboxylic acids is 1. The molecule has 3 aromatic rings. The summed E-state index contributed by atoms with van der Waals surface area (Å²) in [6.45, 7) is 1.81. The molecule has 0 fully saturated rings. The van der Waals surface area contributed by atoms with Crippen LogP contribution in [0.25, 0.3) is 16.9 Å². The first-order chi connectivity index (χ1) is 14.2. The van der Waals surface area contributed by atoms with E-state index in [9.17, 15) is 23.4 Å². The fraction of sp³-hybridized carbons (Fsp3) is 0.261. The van der Waals surface area contributed by atoms with Crippen LogP contribution in [0.5, 0.6) is 0 Å². The predicted molar refractivity (Wildman–Crippen MR) is 116 cm³/mol. The van der Waals surface area contributed by atoms with E-state index in [1.807, 2.05) is 47.9 Å². The zero-order chi connectivity index (χ0) is 21.9. The van der Waals surface area contributed by atoms with Crippen molar-refractivity contribution in [3.63, 3.8) is 0 Å². The van der Waals surface area contributed by atoms with E-state index in [-0.39, 0.29) is 11.5 Å². The van der Waals surface area contributed by atoms with Crippen molar-refractivity contribution < 1.29 is 23.4 Å². The molecule has 2 N–H and O–H groups in total. The average molecular weight is 428 g/mol. The van der Waals surface area contributed by atoms with Gasteiger partial charge in [0.05, 0.1) is 16.5 Å². The summed E-state index contributed by atoms with van der Waals surface area (Å²) >= 11 is 0. The number of rotatable bonds is 8. The van der Waals surface area contributed by atoms with E-state index in [4.69, 9.17) is 0 Å². The predicted octanol–water partition coefficient (Wildman–Crippen LogP) is 3.80. The molecule has 1 aromatic heterocycles. The van der Waals surface area contributed by atoms with Gasteiger partial charge in [0.25, 0.3) is 0 Å². The molecule has 0 aliphatic carbocycles. The van der Waals surface area contributed by atoms with Crippen molar-refractivity contribution in [3.05, 3.63) is 71.9 Å². The molecular weight excluding hydrogens is 402 g/mol. The van der Waals surface area contributed by atoms with Gasteiger partial charge < -0.3 is 14.8 Å². The number of hydrogen-bond acceptors (Lipinski definition) is 4. The molecule has 158 valence electrons. The van der Waals surface area contributed by atoms with E-state index < -0.39 is 21.7 Å². The number of carboxylic acids is 1. The van der Waals surface area contributed by atoms with Crippen LogP contribution in [-0.2, 0) is 14.6 Å². The van der Waals surface area contributed by atoms with Gasteiger partial charge in [0.15, 0.2) is 9.84 Å². The van der Waals surface area contributed by atoms with E-state index in [1.54, 1.807) is 24.3 Å². The largest absolute Gasteiger partial charge is 0.481 e. The Morgan fingerprint density at radius 1 is 1.07 bits per heavy atom. The maximum absolute atomic E-state index is 11.9. The van der Waals surface area contributed by atoms with Crippen LogP contribution >= 0.6 is 0 Å². The third-order valence-electron chi connectivity index (χ3n) is 5.20.